The molecule has 2 aromatic rings. The summed E-state index contributed by atoms with van der Waals surface area (Å²) in [6.07, 6.45) is 1.46. The smallest absolute Gasteiger partial charge is 0.341 e. The van der Waals surface area contributed by atoms with Gasteiger partial charge in [0.15, 0.2) is 13.2 Å². The molecule has 1 aliphatic rings. The molecule has 164 valence electrons. The van der Waals surface area contributed by atoms with Gasteiger partial charge in [0.2, 0.25) is 0 Å². The molecule has 0 radical (unpaired) electrons. The highest BCUT2D eigenvalue weighted by molar-refractivity contribution is 9.11. The molecular formula is C20H18Br2N2O5S2. The van der Waals surface area contributed by atoms with Crippen molar-refractivity contribution in [1.29, 1.82) is 0 Å². The number of hydrogen-bond donors (Lipinski definition) is 2. The monoisotopic (exact) mass is 588 g/mol. The first-order chi connectivity index (χ1) is 14.9. The van der Waals surface area contributed by atoms with E-state index >= 15 is 0 Å². The third kappa shape index (κ3) is 7.44. The summed E-state index contributed by atoms with van der Waals surface area (Å²) in [6, 6.07) is 11.2. The van der Waals surface area contributed by atoms with Crippen molar-refractivity contribution < 1.29 is 24.2 Å². The van der Waals surface area contributed by atoms with E-state index in [0.29, 0.717) is 30.6 Å². The van der Waals surface area contributed by atoms with E-state index in [1.165, 1.54) is 23.3 Å². The summed E-state index contributed by atoms with van der Waals surface area (Å²) in [5, 5.41) is 12.6. The van der Waals surface area contributed by atoms with Crippen molar-refractivity contribution in [2.45, 2.75) is 4.58 Å². The molecule has 1 amide bonds. The van der Waals surface area contributed by atoms with E-state index in [-0.39, 0.29) is 12.5 Å². The average Bonchev–Trinajstić information content (AvgIpc) is 3.27. The van der Waals surface area contributed by atoms with Crippen LogP contribution in [0.4, 0.5) is 0 Å². The van der Waals surface area contributed by atoms with Crippen LogP contribution >= 0.6 is 55.4 Å². The molecule has 7 nitrogen and oxygen atoms in total. The van der Waals surface area contributed by atoms with Crippen LogP contribution in [0.25, 0.3) is 0 Å². The zero-order valence-corrected chi connectivity index (χ0v) is 20.9. The molecule has 0 aromatic heterocycles. The number of amides is 1. The van der Waals surface area contributed by atoms with Gasteiger partial charge in [-0.1, -0.05) is 12.1 Å². The number of benzene rings is 2. The van der Waals surface area contributed by atoms with E-state index in [1.54, 1.807) is 12.1 Å². The zero-order valence-electron chi connectivity index (χ0n) is 16.0. The molecule has 0 bridgehead atoms. The molecule has 1 heterocycles. The Bertz CT molecular complexity index is 944. The van der Waals surface area contributed by atoms with E-state index in [2.05, 4.69) is 42.4 Å². The first kappa shape index (κ1) is 24.0. The van der Waals surface area contributed by atoms with Crippen molar-refractivity contribution in [3.63, 3.8) is 0 Å². The Morgan fingerprint density at radius 3 is 2.35 bits per heavy atom. The van der Waals surface area contributed by atoms with Gasteiger partial charge in [-0.15, -0.1) is 23.5 Å². The summed E-state index contributed by atoms with van der Waals surface area (Å²) in [4.78, 5) is 22.6. The largest absolute Gasteiger partial charge is 0.484 e. The molecule has 1 saturated heterocycles. The molecule has 2 aromatic carbocycles. The summed E-state index contributed by atoms with van der Waals surface area (Å²) >= 11 is 10.5. The van der Waals surface area contributed by atoms with Crippen LogP contribution in [-0.2, 0) is 9.59 Å². The van der Waals surface area contributed by atoms with Crippen LogP contribution in [0.3, 0.4) is 0 Å². The van der Waals surface area contributed by atoms with Gasteiger partial charge in [0, 0.05) is 11.5 Å². The fraction of sp³-hybridized carbons (Fsp3) is 0.250. The maximum atomic E-state index is 12.0. The molecule has 0 atom stereocenters. The third-order valence-corrected chi connectivity index (χ3v) is 8.19. The van der Waals surface area contributed by atoms with E-state index in [9.17, 15) is 9.59 Å². The second-order valence-electron chi connectivity index (χ2n) is 6.22. The molecule has 1 fully saturated rings. The minimum Gasteiger partial charge on any atom is -0.484 e. The summed E-state index contributed by atoms with van der Waals surface area (Å²) in [5.41, 5.74) is 4.33. The number of carboxylic acids is 1. The molecule has 0 spiro atoms. The number of nitrogens with zero attached hydrogens (tertiary/aromatic N) is 1. The number of carboxylic acid groups (broad SMARTS) is 1. The van der Waals surface area contributed by atoms with Gasteiger partial charge in [0.25, 0.3) is 5.91 Å². The van der Waals surface area contributed by atoms with Gasteiger partial charge in [0.1, 0.15) is 11.5 Å². The summed E-state index contributed by atoms with van der Waals surface area (Å²) in [6.45, 7) is -0.610. The van der Waals surface area contributed by atoms with Gasteiger partial charge in [-0.2, -0.15) is 5.10 Å². The Kier molecular flexibility index (Phi) is 9.12. The second-order valence-corrected chi connectivity index (χ2v) is 10.7. The van der Waals surface area contributed by atoms with Crippen LogP contribution < -0.4 is 14.9 Å². The van der Waals surface area contributed by atoms with Crippen molar-refractivity contribution in [3.05, 3.63) is 56.5 Å². The fourth-order valence-electron chi connectivity index (χ4n) is 2.56. The number of carbonyl (C=O) groups is 2. The number of nitrogens with one attached hydrogen (secondary N) is 1. The van der Waals surface area contributed by atoms with Crippen molar-refractivity contribution in [2.75, 3.05) is 24.7 Å². The number of hydrazone groups is 1. The van der Waals surface area contributed by atoms with Crippen molar-refractivity contribution in [2.24, 2.45) is 5.10 Å². The predicted octanol–water partition coefficient (Wildman–Crippen LogP) is 4.68. The lowest BCUT2D eigenvalue weighted by atomic mass is 10.2. The summed E-state index contributed by atoms with van der Waals surface area (Å²) in [7, 11) is 0. The van der Waals surface area contributed by atoms with Crippen LogP contribution in [0.5, 0.6) is 11.5 Å². The van der Waals surface area contributed by atoms with Crippen LogP contribution in [0.15, 0.2) is 50.4 Å². The molecule has 0 saturated carbocycles. The number of carbonyl (C=O) groups excluding carboxylic acids is 1. The van der Waals surface area contributed by atoms with E-state index < -0.39 is 12.6 Å². The maximum absolute atomic E-state index is 12.0. The molecule has 0 unspecified atom stereocenters. The molecule has 0 aliphatic carbocycles. The Balaban J connectivity index is 1.47. The predicted molar refractivity (Wildman–Crippen MR) is 130 cm³/mol. The summed E-state index contributed by atoms with van der Waals surface area (Å²) < 4.78 is 12.3. The molecule has 31 heavy (non-hydrogen) atoms. The molecule has 11 heteroatoms. The van der Waals surface area contributed by atoms with Gasteiger partial charge < -0.3 is 14.6 Å². The van der Waals surface area contributed by atoms with Gasteiger partial charge in [-0.25, -0.2) is 10.2 Å². The SMILES string of the molecule is O=C(O)COc1c(Br)cc(/C=N\NC(=O)COc2ccc(C3SCCS3)cc2)cc1Br. The van der Waals surface area contributed by atoms with Crippen molar-refractivity contribution in [1.82, 2.24) is 5.43 Å². The lowest BCUT2D eigenvalue weighted by molar-refractivity contribution is -0.139. The Labute approximate surface area is 204 Å². The highest BCUT2D eigenvalue weighted by Crippen LogP contribution is 2.45. The zero-order chi connectivity index (χ0) is 22.2. The Hall–Kier alpha value is -1.69. The third-order valence-electron chi connectivity index (χ3n) is 3.91. The first-order valence-corrected chi connectivity index (χ1v) is 12.7. The minimum absolute atomic E-state index is 0.154. The minimum atomic E-state index is -1.07. The number of rotatable bonds is 9. The van der Waals surface area contributed by atoms with Crippen molar-refractivity contribution in [3.8, 4) is 11.5 Å². The lowest BCUT2D eigenvalue weighted by Crippen LogP contribution is -2.24. The lowest BCUT2D eigenvalue weighted by Gasteiger charge is -2.10. The Morgan fingerprint density at radius 2 is 1.74 bits per heavy atom. The van der Waals surface area contributed by atoms with Gasteiger partial charge in [-0.05, 0) is 67.3 Å². The van der Waals surface area contributed by atoms with E-state index in [4.69, 9.17) is 14.6 Å². The molecule has 1 aliphatic heterocycles. The van der Waals surface area contributed by atoms with E-state index in [0.717, 1.165) is 0 Å². The first-order valence-electron chi connectivity index (χ1n) is 9.04. The second kappa shape index (κ2) is 11.8. The topological polar surface area (TPSA) is 97.2 Å². The van der Waals surface area contributed by atoms with Crippen LogP contribution in [-0.4, -0.2) is 47.9 Å². The fourth-order valence-corrected chi connectivity index (χ4v) is 6.87. The van der Waals surface area contributed by atoms with Gasteiger partial charge in [0.05, 0.1) is 19.7 Å². The summed E-state index contributed by atoms with van der Waals surface area (Å²) in [5.74, 6) is 1.88. The number of hydrogen-bond acceptors (Lipinski definition) is 7. The maximum Gasteiger partial charge on any atom is 0.341 e. The van der Waals surface area contributed by atoms with Crippen LogP contribution in [0, 0.1) is 0 Å². The quantitative estimate of drug-likeness (QED) is 0.324. The molecule has 2 N–H and O–H groups in total. The van der Waals surface area contributed by atoms with E-state index in [1.807, 2.05) is 47.8 Å². The normalized spacial score (nSPS) is 14.0. The number of ether oxygens (including phenoxy) is 2. The average molecular weight is 590 g/mol. The van der Waals surface area contributed by atoms with Crippen molar-refractivity contribution >= 4 is 73.5 Å². The number of halogens is 2. The Morgan fingerprint density at radius 1 is 1.10 bits per heavy atom. The molecular weight excluding hydrogens is 572 g/mol. The highest BCUT2D eigenvalue weighted by Gasteiger charge is 2.18. The molecule has 3 rings (SSSR count). The van der Waals surface area contributed by atoms with Crippen LogP contribution in [0.1, 0.15) is 15.7 Å². The van der Waals surface area contributed by atoms with Gasteiger partial charge >= 0.3 is 5.97 Å². The van der Waals surface area contributed by atoms with Gasteiger partial charge in [-0.3, -0.25) is 4.79 Å². The standard InChI is InChI=1S/C20H18Br2N2O5S2/c21-15-7-12(8-16(22)19(15)29-11-18(26)27)9-23-24-17(25)10-28-14-3-1-13(2-4-14)20-30-5-6-31-20/h1-4,7-9,20H,5-6,10-11H2,(H,24,25)(H,26,27)/b23-9-. The number of thioether (sulfide) groups is 2. The van der Waals surface area contributed by atoms with Crippen LogP contribution in [0.2, 0.25) is 0 Å². The highest BCUT2D eigenvalue weighted by atomic mass is 79.9. The number of aliphatic carboxylic acids is 1.